The van der Waals surface area contributed by atoms with Crippen LogP contribution in [0, 0.1) is 10.1 Å². The quantitative estimate of drug-likeness (QED) is 0.223. The van der Waals surface area contributed by atoms with Crippen LogP contribution in [0.15, 0.2) is 70.2 Å². The number of nitro benzene ring substituents is 1. The third-order valence-electron chi connectivity index (χ3n) is 4.59. The highest BCUT2D eigenvalue weighted by molar-refractivity contribution is 9.10. The molecule has 0 bridgehead atoms. The second-order valence-electron chi connectivity index (χ2n) is 6.90. The molecule has 0 aliphatic rings. The third-order valence-corrected chi connectivity index (χ3v) is 5.09. The van der Waals surface area contributed by atoms with Crippen molar-refractivity contribution < 1.29 is 23.9 Å². The number of methoxy groups -OCH3 is 1. The van der Waals surface area contributed by atoms with Gasteiger partial charge in [-0.05, 0) is 66.6 Å². The van der Waals surface area contributed by atoms with E-state index in [4.69, 9.17) is 14.2 Å². The minimum absolute atomic E-state index is 0.0211. The van der Waals surface area contributed by atoms with Crippen molar-refractivity contribution >= 4 is 33.7 Å². The fourth-order valence-electron chi connectivity index (χ4n) is 2.95. The number of benzene rings is 3. The smallest absolute Gasteiger partial charge is 0.275 e. The van der Waals surface area contributed by atoms with E-state index in [-0.39, 0.29) is 12.3 Å². The number of rotatable bonds is 10. The summed E-state index contributed by atoms with van der Waals surface area (Å²) in [6.45, 7) is 2.50. The number of ether oxygens (including phenoxy) is 3. The van der Waals surface area contributed by atoms with Crippen LogP contribution < -0.4 is 19.6 Å². The molecule has 9 nitrogen and oxygen atoms in total. The first-order valence-electron chi connectivity index (χ1n) is 10.2. The zero-order valence-electron chi connectivity index (χ0n) is 18.5. The van der Waals surface area contributed by atoms with Crippen molar-refractivity contribution in [1.29, 1.82) is 0 Å². The van der Waals surface area contributed by atoms with Gasteiger partial charge in [-0.2, -0.15) is 5.10 Å². The van der Waals surface area contributed by atoms with Gasteiger partial charge in [0.15, 0.2) is 11.5 Å². The summed E-state index contributed by atoms with van der Waals surface area (Å²) in [7, 11) is 1.49. The number of hydrogen-bond acceptors (Lipinski definition) is 7. The normalized spacial score (nSPS) is 10.7. The molecule has 1 N–H and O–H groups in total. The molecule has 0 aliphatic heterocycles. The Hall–Kier alpha value is -3.92. The SMILES string of the molecule is CCOc1cc(/C=N\NC(=O)c2cc(Br)ccc2OC)ccc1OCc1ccc([N+](=O)[O-])cc1. The Balaban J connectivity index is 1.67. The van der Waals surface area contributed by atoms with Crippen molar-refractivity contribution in [3.8, 4) is 17.2 Å². The largest absolute Gasteiger partial charge is 0.496 e. The summed E-state index contributed by atoms with van der Waals surface area (Å²) in [5.41, 5.74) is 4.32. The first-order valence-corrected chi connectivity index (χ1v) is 11.0. The summed E-state index contributed by atoms with van der Waals surface area (Å²) < 4.78 is 17.5. The lowest BCUT2D eigenvalue weighted by atomic mass is 10.2. The van der Waals surface area contributed by atoms with E-state index >= 15 is 0 Å². The minimum atomic E-state index is -0.449. The molecule has 0 aliphatic carbocycles. The van der Waals surface area contributed by atoms with Crippen molar-refractivity contribution in [1.82, 2.24) is 5.43 Å². The van der Waals surface area contributed by atoms with Crippen LogP contribution >= 0.6 is 15.9 Å². The molecular weight excluding hydrogens is 506 g/mol. The van der Waals surface area contributed by atoms with Crippen molar-refractivity contribution in [2.24, 2.45) is 5.10 Å². The van der Waals surface area contributed by atoms with Gasteiger partial charge in [-0.3, -0.25) is 14.9 Å². The van der Waals surface area contributed by atoms with E-state index in [1.54, 1.807) is 48.5 Å². The topological polar surface area (TPSA) is 112 Å². The van der Waals surface area contributed by atoms with E-state index in [0.29, 0.717) is 35.0 Å². The number of nitrogens with zero attached hydrogens (tertiary/aromatic N) is 2. The van der Waals surface area contributed by atoms with Gasteiger partial charge < -0.3 is 14.2 Å². The van der Waals surface area contributed by atoms with E-state index in [9.17, 15) is 14.9 Å². The molecule has 0 spiro atoms. The maximum absolute atomic E-state index is 12.5. The second kappa shape index (κ2) is 11.8. The zero-order valence-corrected chi connectivity index (χ0v) is 20.1. The summed E-state index contributed by atoms with van der Waals surface area (Å²) >= 11 is 3.34. The number of hydrazone groups is 1. The van der Waals surface area contributed by atoms with Crippen molar-refractivity contribution in [2.75, 3.05) is 13.7 Å². The van der Waals surface area contributed by atoms with Gasteiger partial charge in [0.1, 0.15) is 12.4 Å². The molecule has 176 valence electrons. The Kier molecular flexibility index (Phi) is 8.58. The lowest BCUT2D eigenvalue weighted by Crippen LogP contribution is -2.18. The highest BCUT2D eigenvalue weighted by Crippen LogP contribution is 2.29. The summed E-state index contributed by atoms with van der Waals surface area (Å²) in [4.78, 5) is 22.8. The molecule has 0 unspecified atom stereocenters. The molecule has 0 aromatic heterocycles. The molecule has 0 saturated heterocycles. The van der Waals surface area contributed by atoms with Crippen LogP contribution in [0.1, 0.15) is 28.4 Å². The van der Waals surface area contributed by atoms with Crippen LogP contribution in [0.25, 0.3) is 0 Å². The zero-order chi connectivity index (χ0) is 24.5. The average molecular weight is 528 g/mol. The maximum atomic E-state index is 12.5. The monoisotopic (exact) mass is 527 g/mol. The Morgan fingerprint density at radius 1 is 1.06 bits per heavy atom. The lowest BCUT2D eigenvalue weighted by molar-refractivity contribution is -0.384. The number of amides is 1. The van der Waals surface area contributed by atoms with E-state index in [2.05, 4.69) is 26.5 Å². The van der Waals surface area contributed by atoms with Gasteiger partial charge in [0.05, 0.1) is 30.4 Å². The van der Waals surface area contributed by atoms with E-state index in [1.165, 1.54) is 25.5 Å². The fourth-order valence-corrected chi connectivity index (χ4v) is 3.31. The Bertz CT molecular complexity index is 1200. The predicted octanol–water partition coefficient (Wildman–Crippen LogP) is 5.11. The van der Waals surface area contributed by atoms with Crippen molar-refractivity contribution in [2.45, 2.75) is 13.5 Å². The van der Waals surface area contributed by atoms with Crippen LogP contribution in [0.5, 0.6) is 17.2 Å². The third kappa shape index (κ3) is 6.55. The number of halogens is 1. The maximum Gasteiger partial charge on any atom is 0.275 e. The summed E-state index contributed by atoms with van der Waals surface area (Å²) in [6.07, 6.45) is 1.49. The second-order valence-corrected chi connectivity index (χ2v) is 7.81. The van der Waals surface area contributed by atoms with Crippen LogP contribution in [0.3, 0.4) is 0 Å². The minimum Gasteiger partial charge on any atom is -0.496 e. The molecule has 10 heteroatoms. The molecule has 3 aromatic carbocycles. The van der Waals surface area contributed by atoms with Crippen LogP contribution in [-0.4, -0.2) is 30.8 Å². The molecule has 3 rings (SSSR count). The molecule has 0 atom stereocenters. The van der Waals surface area contributed by atoms with Crippen molar-refractivity contribution in [3.05, 3.63) is 91.9 Å². The van der Waals surface area contributed by atoms with Gasteiger partial charge >= 0.3 is 0 Å². The number of non-ortho nitro benzene ring substituents is 1. The highest BCUT2D eigenvalue weighted by atomic mass is 79.9. The van der Waals surface area contributed by atoms with Crippen LogP contribution in [0.2, 0.25) is 0 Å². The Labute approximate surface area is 204 Å². The number of nitro groups is 1. The average Bonchev–Trinajstić information content (AvgIpc) is 2.84. The number of hydrogen-bond donors (Lipinski definition) is 1. The molecule has 0 saturated carbocycles. The summed E-state index contributed by atoms with van der Waals surface area (Å²) in [5.74, 6) is 1.04. The Morgan fingerprint density at radius 2 is 1.79 bits per heavy atom. The molecule has 0 heterocycles. The van der Waals surface area contributed by atoms with Gasteiger partial charge in [-0.25, -0.2) is 5.43 Å². The molecule has 34 heavy (non-hydrogen) atoms. The van der Waals surface area contributed by atoms with E-state index in [1.807, 2.05) is 6.92 Å². The van der Waals surface area contributed by atoms with Crippen LogP contribution in [0.4, 0.5) is 5.69 Å². The highest BCUT2D eigenvalue weighted by Gasteiger charge is 2.12. The summed E-state index contributed by atoms with van der Waals surface area (Å²) in [5, 5.41) is 14.8. The van der Waals surface area contributed by atoms with E-state index in [0.717, 1.165) is 10.0 Å². The molecule has 1 amide bonds. The molecular formula is C24H22BrN3O6. The lowest BCUT2D eigenvalue weighted by Gasteiger charge is -2.12. The fraction of sp³-hybridized carbons (Fsp3) is 0.167. The first-order chi connectivity index (χ1) is 16.4. The number of carbonyl (C=O) groups is 1. The van der Waals surface area contributed by atoms with Gasteiger partial charge in [-0.1, -0.05) is 15.9 Å². The Morgan fingerprint density at radius 3 is 2.47 bits per heavy atom. The molecule has 0 radical (unpaired) electrons. The van der Waals surface area contributed by atoms with Gasteiger partial charge in [0.2, 0.25) is 0 Å². The van der Waals surface area contributed by atoms with Crippen molar-refractivity contribution in [3.63, 3.8) is 0 Å². The number of nitrogens with one attached hydrogen (secondary N) is 1. The number of carbonyl (C=O) groups excluding carboxylic acids is 1. The standard InChI is InChI=1S/C24H22BrN3O6/c1-3-33-23-12-17(14-26-27-24(29)20-13-18(25)7-11-21(20)32-2)6-10-22(23)34-15-16-4-8-19(9-5-16)28(30)31/h4-14H,3,15H2,1-2H3,(H,27,29)/b26-14-. The van der Waals surface area contributed by atoms with Crippen LogP contribution in [-0.2, 0) is 6.61 Å². The summed E-state index contributed by atoms with van der Waals surface area (Å²) in [6, 6.07) is 16.5. The molecule has 3 aromatic rings. The van der Waals surface area contributed by atoms with Gasteiger partial charge in [-0.15, -0.1) is 0 Å². The first kappa shape index (κ1) is 24.7. The molecule has 0 fully saturated rings. The predicted molar refractivity (Wildman–Crippen MR) is 131 cm³/mol. The van der Waals surface area contributed by atoms with E-state index < -0.39 is 10.8 Å². The van der Waals surface area contributed by atoms with Gasteiger partial charge in [0.25, 0.3) is 11.6 Å². The van der Waals surface area contributed by atoms with Gasteiger partial charge in [0, 0.05) is 16.6 Å².